The van der Waals surface area contributed by atoms with E-state index in [1.54, 1.807) is 7.11 Å². The second-order valence-corrected chi connectivity index (χ2v) is 6.88. The zero-order valence-corrected chi connectivity index (χ0v) is 13.2. The third-order valence-corrected chi connectivity index (χ3v) is 4.22. The topological polar surface area (TPSA) is 38.5 Å². The number of rotatable bonds is 4. The Morgan fingerprint density at radius 3 is 2.45 bits per heavy atom. The fourth-order valence-corrected chi connectivity index (χ4v) is 2.77. The Bertz CT molecular complexity index is 422. The van der Waals surface area contributed by atoms with Gasteiger partial charge in [-0.05, 0) is 23.0 Å². The number of hydrogen-bond donors (Lipinski definition) is 1. The van der Waals surface area contributed by atoms with Gasteiger partial charge in [-0.15, -0.1) is 0 Å². The largest absolute Gasteiger partial charge is 0.380 e. The lowest BCUT2D eigenvalue weighted by atomic mass is 9.86. The molecule has 2 unspecified atom stereocenters. The minimum atomic E-state index is 0.0830. The highest BCUT2D eigenvalue weighted by Crippen LogP contribution is 2.24. The number of hydrogen-bond acceptors (Lipinski definition) is 3. The lowest BCUT2D eigenvalue weighted by Crippen LogP contribution is -2.31. The van der Waals surface area contributed by atoms with E-state index >= 15 is 0 Å². The zero-order chi connectivity index (χ0) is 14.8. The van der Waals surface area contributed by atoms with E-state index in [0.717, 1.165) is 26.1 Å². The molecule has 1 aromatic carbocycles. The molecule has 1 saturated heterocycles. The normalized spacial score (nSPS) is 22.1. The standard InChI is InChI=1S/C17H28N2O/c1-17(2,3)14-7-5-13(6-8-14)16(18)12-19-10-9-15(11-19)20-4/h5-8,15-16H,9-12,18H2,1-4H3. The first-order valence-electron chi connectivity index (χ1n) is 7.51. The molecule has 0 bridgehead atoms. The van der Waals surface area contributed by atoms with Crippen molar-refractivity contribution in [2.24, 2.45) is 5.73 Å². The van der Waals surface area contributed by atoms with Crippen molar-refractivity contribution in [1.82, 2.24) is 4.90 Å². The van der Waals surface area contributed by atoms with Crippen LogP contribution in [0.2, 0.25) is 0 Å². The Labute approximate surface area is 123 Å². The van der Waals surface area contributed by atoms with Gasteiger partial charge >= 0.3 is 0 Å². The van der Waals surface area contributed by atoms with Gasteiger partial charge in [0.1, 0.15) is 0 Å². The van der Waals surface area contributed by atoms with Crippen LogP contribution < -0.4 is 5.73 Å². The first-order valence-corrected chi connectivity index (χ1v) is 7.51. The molecule has 112 valence electrons. The van der Waals surface area contributed by atoms with E-state index in [0.29, 0.717) is 6.10 Å². The summed E-state index contributed by atoms with van der Waals surface area (Å²) >= 11 is 0. The van der Waals surface area contributed by atoms with Crippen LogP contribution in [0.25, 0.3) is 0 Å². The maximum Gasteiger partial charge on any atom is 0.0710 e. The molecule has 2 rings (SSSR count). The molecule has 2 atom stereocenters. The summed E-state index contributed by atoms with van der Waals surface area (Å²) in [6.07, 6.45) is 1.50. The van der Waals surface area contributed by atoms with E-state index in [1.165, 1.54) is 11.1 Å². The minimum Gasteiger partial charge on any atom is -0.380 e. The van der Waals surface area contributed by atoms with Crippen molar-refractivity contribution >= 4 is 0 Å². The van der Waals surface area contributed by atoms with Gasteiger partial charge in [0, 0.05) is 32.8 Å². The van der Waals surface area contributed by atoms with Crippen LogP contribution in [0.1, 0.15) is 44.4 Å². The quantitative estimate of drug-likeness (QED) is 0.919. The number of likely N-dealkylation sites (tertiary alicyclic amines) is 1. The molecule has 1 aliphatic heterocycles. The number of benzene rings is 1. The molecule has 0 amide bonds. The zero-order valence-electron chi connectivity index (χ0n) is 13.2. The molecule has 1 fully saturated rings. The Balaban J connectivity index is 1.94. The molecule has 0 aromatic heterocycles. The Hall–Kier alpha value is -0.900. The summed E-state index contributed by atoms with van der Waals surface area (Å²) < 4.78 is 5.40. The molecule has 20 heavy (non-hydrogen) atoms. The predicted molar refractivity (Wildman–Crippen MR) is 83.9 cm³/mol. The summed E-state index contributed by atoms with van der Waals surface area (Å²) in [5.74, 6) is 0. The fraction of sp³-hybridized carbons (Fsp3) is 0.647. The van der Waals surface area contributed by atoms with Crippen LogP contribution in [0.15, 0.2) is 24.3 Å². The van der Waals surface area contributed by atoms with Gasteiger partial charge in [0.25, 0.3) is 0 Å². The number of ether oxygens (including phenoxy) is 1. The van der Waals surface area contributed by atoms with Crippen LogP contribution in [0.4, 0.5) is 0 Å². The summed E-state index contributed by atoms with van der Waals surface area (Å²) in [6.45, 7) is 9.70. The second-order valence-electron chi connectivity index (χ2n) is 6.88. The number of nitrogens with two attached hydrogens (primary N) is 1. The van der Waals surface area contributed by atoms with Crippen LogP contribution in [0, 0.1) is 0 Å². The summed E-state index contributed by atoms with van der Waals surface area (Å²) in [4.78, 5) is 2.40. The van der Waals surface area contributed by atoms with Crippen molar-refractivity contribution in [1.29, 1.82) is 0 Å². The van der Waals surface area contributed by atoms with Crippen molar-refractivity contribution in [3.8, 4) is 0 Å². The van der Waals surface area contributed by atoms with Crippen LogP contribution in [-0.4, -0.2) is 37.7 Å². The molecule has 1 heterocycles. The van der Waals surface area contributed by atoms with E-state index in [9.17, 15) is 0 Å². The molecule has 0 spiro atoms. The van der Waals surface area contributed by atoms with E-state index in [-0.39, 0.29) is 11.5 Å². The van der Waals surface area contributed by atoms with Gasteiger partial charge < -0.3 is 10.5 Å². The lowest BCUT2D eigenvalue weighted by Gasteiger charge is -2.23. The summed E-state index contributed by atoms with van der Waals surface area (Å²) in [7, 11) is 1.79. The van der Waals surface area contributed by atoms with Crippen molar-refractivity contribution in [3.05, 3.63) is 35.4 Å². The highest BCUT2D eigenvalue weighted by atomic mass is 16.5. The van der Waals surface area contributed by atoms with Gasteiger partial charge in [-0.2, -0.15) is 0 Å². The number of methoxy groups -OCH3 is 1. The predicted octanol–water partition coefficient (Wildman–Crippen LogP) is 2.70. The smallest absolute Gasteiger partial charge is 0.0710 e. The Morgan fingerprint density at radius 1 is 1.30 bits per heavy atom. The van der Waals surface area contributed by atoms with Crippen LogP contribution in [-0.2, 0) is 10.2 Å². The average Bonchev–Trinajstić information content (AvgIpc) is 2.85. The average molecular weight is 276 g/mol. The monoisotopic (exact) mass is 276 g/mol. The second kappa shape index (κ2) is 6.25. The van der Waals surface area contributed by atoms with Crippen LogP contribution in [0.5, 0.6) is 0 Å². The fourth-order valence-electron chi connectivity index (χ4n) is 2.77. The molecule has 1 aliphatic rings. The number of nitrogens with zero attached hydrogens (tertiary/aromatic N) is 1. The van der Waals surface area contributed by atoms with Gasteiger partial charge in [-0.1, -0.05) is 45.0 Å². The van der Waals surface area contributed by atoms with Crippen molar-refractivity contribution in [2.75, 3.05) is 26.7 Å². The lowest BCUT2D eigenvalue weighted by molar-refractivity contribution is 0.107. The molecule has 0 aliphatic carbocycles. The third kappa shape index (κ3) is 3.81. The van der Waals surface area contributed by atoms with Gasteiger partial charge in [-0.25, -0.2) is 0 Å². The molecule has 2 N–H and O–H groups in total. The van der Waals surface area contributed by atoms with E-state index < -0.39 is 0 Å². The Kier molecular flexibility index (Phi) is 4.84. The Morgan fingerprint density at radius 2 is 1.95 bits per heavy atom. The van der Waals surface area contributed by atoms with Gasteiger partial charge in [0.15, 0.2) is 0 Å². The molecule has 1 aromatic rings. The third-order valence-electron chi connectivity index (χ3n) is 4.22. The van der Waals surface area contributed by atoms with E-state index in [2.05, 4.69) is 49.9 Å². The molecule has 3 heteroatoms. The molecule has 0 radical (unpaired) electrons. The van der Waals surface area contributed by atoms with E-state index in [1.807, 2.05) is 0 Å². The van der Waals surface area contributed by atoms with Crippen molar-refractivity contribution < 1.29 is 4.74 Å². The van der Waals surface area contributed by atoms with Crippen LogP contribution >= 0.6 is 0 Å². The molecule has 3 nitrogen and oxygen atoms in total. The molecular formula is C17H28N2O. The van der Waals surface area contributed by atoms with Gasteiger partial charge in [0.05, 0.1) is 6.10 Å². The molecule has 0 saturated carbocycles. The summed E-state index contributed by atoms with van der Waals surface area (Å²) in [6, 6.07) is 8.85. The van der Waals surface area contributed by atoms with Gasteiger partial charge in [0.2, 0.25) is 0 Å². The first-order chi connectivity index (χ1) is 9.40. The highest BCUT2D eigenvalue weighted by molar-refractivity contribution is 5.29. The molecular weight excluding hydrogens is 248 g/mol. The van der Waals surface area contributed by atoms with E-state index in [4.69, 9.17) is 10.5 Å². The maximum atomic E-state index is 6.34. The van der Waals surface area contributed by atoms with Gasteiger partial charge in [-0.3, -0.25) is 4.90 Å². The van der Waals surface area contributed by atoms with Crippen molar-refractivity contribution in [2.45, 2.75) is 44.8 Å². The first kappa shape index (κ1) is 15.5. The van der Waals surface area contributed by atoms with Crippen molar-refractivity contribution in [3.63, 3.8) is 0 Å². The highest BCUT2D eigenvalue weighted by Gasteiger charge is 2.23. The maximum absolute atomic E-state index is 6.34. The summed E-state index contributed by atoms with van der Waals surface area (Å²) in [5.41, 5.74) is 9.11. The SMILES string of the molecule is COC1CCN(CC(N)c2ccc(C(C)(C)C)cc2)C1. The summed E-state index contributed by atoms with van der Waals surface area (Å²) in [5, 5.41) is 0. The minimum absolute atomic E-state index is 0.0830. The van der Waals surface area contributed by atoms with Crippen LogP contribution in [0.3, 0.4) is 0 Å².